The molecule has 0 radical (unpaired) electrons. The Labute approximate surface area is 136 Å². The molecule has 1 aromatic heterocycles. The van der Waals surface area contributed by atoms with Gasteiger partial charge >= 0.3 is 0 Å². The lowest BCUT2D eigenvalue weighted by Crippen LogP contribution is -2.58. The summed E-state index contributed by atoms with van der Waals surface area (Å²) in [4.78, 5) is 32.9. The summed E-state index contributed by atoms with van der Waals surface area (Å²) < 4.78 is 1.76. The molecule has 3 aliphatic heterocycles. The fourth-order valence-corrected chi connectivity index (χ4v) is 6.05. The van der Waals surface area contributed by atoms with Crippen molar-refractivity contribution in [3.05, 3.63) is 6.33 Å². The normalized spacial score (nSPS) is 31.1. The predicted molar refractivity (Wildman–Crippen MR) is 85.8 cm³/mol. The predicted octanol–water partition coefficient (Wildman–Crippen LogP) is 0.422. The number of carbonyl (C=O) groups excluding carboxylic acids is 2. The lowest BCUT2D eigenvalue weighted by atomic mass is 10.1. The van der Waals surface area contributed by atoms with Crippen LogP contribution in [-0.2, 0) is 16.1 Å². The van der Waals surface area contributed by atoms with Crippen molar-refractivity contribution < 1.29 is 9.59 Å². The van der Waals surface area contributed by atoms with Crippen molar-refractivity contribution in [2.75, 3.05) is 28.7 Å². The minimum absolute atomic E-state index is 0.0228. The van der Waals surface area contributed by atoms with Crippen molar-refractivity contribution in [3.8, 4) is 0 Å². The zero-order valence-electron chi connectivity index (χ0n) is 12.3. The summed E-state index contributed by atoms with van der Waals surface area (Å²) in [5, 5.41) is 4.15. The van der Waals surface area contributed by atoms with Crippen LogP contribution in [0.25, 0.3) is 0 Å². The second-order valence-corrected chi connectivity index (χ2v) is 8.37. The van der Waals surface area contributed by atoms with Gasteiger partial charge in [0.1, 0.15) is 12.4 Å². The van der Waals surface area contributed by atoms with Crippen LogP contribution in [0.15, 0.2) is 6.33 Å². The van der Waals surface area contributed by atoms with Crippen molar-refractivity contribution in [2.45, 2.75) is 30.8 Å². The molecule has 0 bridgehead atoms. The van der Waals surface area contributed by atoms with Gasteiger partial charge in [0, 0.05) is 24.6 Å². The number of anilines is 1. The van der Waals surface area contributed by atoms with Crippen LogP contribution < -0.4 is 4.90 Å². The number of nitrogens with zero attached hydrogens (tertiary/aromatic N) is 5. The smallest absolute Gasteiger partial charge is 0.253 e. The largest absolute Gasteiger partial charge is 0.314 e. The Balaban J connectivity index is 1.63. The molecular formula is C13H17N5O2S2. The molecule has 7 nitrogen and oxygen atoms in total. The summed E-state index contributed by atoms with van der Waals surface area (Å²) in [7, 11) is 0. The molecule has 0 unspecified atom stereocenters. The highest BCUT2D eigenvalue weighted by atomic mass is 32.2. The van der Waals surface area contributed by atoms with Gasteiger partial charge in [0.15, 0.2) is 0 Å². The standard InChI is InChI=1S/C13H17N5O2S2/c1-13-7-21-6-10(19)18(13)9(5-22-13)11(20)16-3-2-4-17-12(16)14-8-15-17/h8-9H,2-7H2,1H3/t9-,13-/m1/s1. The molecule has 0 N–H and O–H groups in total. The van der Waals surface area contributed by atoms with Crippen LogP contribution in [0.2, 0.25) is 0 Å². The van der Waals surface area contributed by atoms with Gasteiger partial charge in [0.25, 0.3) is 5.91 Å². The molecule has 2 atom stereocenters. The summed E-state index contributed by atoms with van der Waals surface area (Å²) in [6.07, 6.45) is 2.35. The number of amides is 2. The van der Waals surface area contributed by atoms with Gasteiger partial charge in [-0.3, -0.25) is 14.5 Å². The maximum atomic E-state index is 13.0. The lowest BCUT2D eigenvalue weighted by Gasteiger charge is -2.41. The maximum Gasteiger partial charge on any atom is 0.253 e. The van der Waals surface area contributed by atoms with E-state index in [2.05, 4.69) is 17.0 Å². The Morgan fingerprint density at radius 3 is 3.18 bits per heavy atom. The third-order valence-corrected chi connectivity index (χ3v) is 7.22. The van der Waals surface area contributed by atoms with E-state index in [1.807, 2.05) is 4.90 Å². The van der Waals surface area contributed by atoms with Gasteiger partial charge in [-0.1, -0.05) is 0 Å². The molecule has 1 aromatic rings. The minimum atomic E-state index is -0.383. The first-order chi connectivity index (χ1) is 10.6. The SMILES string of the molecule is C[C@@]12CSCC(=O)N1[C@@H](C(=O)N1CCCn3ncnc31)CS2. The Morgan fingerprint density at radius 2 is 2.32 bits per heavy atom. The molecule has 4 heterocycles. The summed E-state index contributed by atoms with van der Waals surface area (Å²) >= 11 is 3.36. The van der Waals surface area contributed by atoms with Gasteiger partial charge < -0.3 is 4.90 Å². The Bertz CT molecular complexity index is 636. The number of hydrogen-bond donors (Lipinski definition) is 0. The number of hydrogen-bond acceptors (Lipinski definition) is 6. The van der Waals surface area contributed by atoms with Crippen LogP contribution in [-0.4, -0.2) is 66.2 Å². The molecule has 9 heteroatoms. The molecule has 2 saturated heterocycles. The zero-order chi connectivity index (χ0) is 15.3. The molecule has 4 rings (SSSR count). The van der Waals surface area contributed by atoms with Gasteiger partial charge in [0.2, 0.25) is 11.9 Å². The number of aromatic nitrogens is 3. The molecule has 0 spiro atoms. The Hall–Kier alpha value is -1.22. The van der Waals surface area contributed by atoms with E-state index in [9.17, 15) is 9.59 Å². The summed E-state index contributed by atoms with van der Waals surface area (Å²) in [5.41, 5.74) is 0. The van der Waals surface area contributed by atoms with E-state index in [1.165, 1.54) is 6.33 Å². The Morgan fingerprint density at radius 1 is 1.45 bits per heavy atom. The van der Waals surface area contributed by atoms with Crippen LogP contribution in [0.3, 0.4) is 0 Å². The van der Waals surface area contributed by atoms with Crippen LogP contribution in [0.1, 0.15) is 13.3 Å². The first-order valence-corrected chi connectivity index (χ1v) is 9.47. The molecule has 118 valence electrons. The Kier molecular flexibility index (Phi) is 3.37. The number of carbonyl (C=O) groups is 2. The van der Waals surface area contributed by atoms with E-state index in [-0.39, 0.29) is 22.7 Å². The number of rotatable bonds is 1. The number of aryl methyl sites for hydroxylation is 1. The van der Waals surface area contributed by atoms with Crippen LogP contribution in [0, 0.1) is 0 Å². The average Bonchev–Trinajstić information content (AvgIpc) is 3.10. The molecule has 2 amide bonds. The quantitative estimate of drug-likeness (QED) is 0.739. The molecular weight excluding hydrogens is 322 g/mol. The van der Waals surface area contributed by atoms with Gasteiger partial charge in [-0.25, -0.2) is 4.68 Å². The molecule has 2 fully saturated rings. The molecule has 0 aliphatic carbocycles. The lowest BCUT2D eigenvalue weighted by molar-refractivity contribution is -0.139. The summed E-state index contributed by atoms with van der Waals surface area (Å²) in [5.74, 6) is 2.66. The fourth-order valence-electron chi connectivity index (χ4n) is 3.35. The molecule has 0 saturated carbocycles. The van der Waals surface area contributed by atoms with Gasteiger partial charge in [-0.15, -0.1) is 23.5 Å². The molecule has 3 aliphatic rings. The van der Waals surface area contributed by atoms with Crippen LogP contribution in [0.5, 0.6) is 0 Å². The number of fused-ring (bicyclic) bond motifs is 2. The topological polar surface area (TPSA) is 71.3 Å². The fraction of sp³-hybridized carbons (Fsp3) is 0.692. The molecule has 22 heavy (non-hydrogen) atoms. The van der Waals surface area contributed by atoms with Crippen LogP contribution >= 0.6 is 23.5 Å². The van der Waals surface area contributed by atoms with Gasteiger partial charge in [0.05, 0.1) is 10.6 Å². The van der Waals surface area contributed by atoms with E-state index >= 15 is 0 Å². The van der Waals surface area contributed by atoms with Crippen molar-refractivity contribution >= 4 is 41.3 Å². The highest BCUT2D eigenvalue weighted by Crippen LogP contribution is 2.45. The van der Waals surface area contributed by atoms with Crippen molar-refractivity contribution in [1.82, 2.24) is 19.7 Å². The van der Waals surface area contributed by atoms with E-state index in [0.717, 1.165) is 18.7 Å². The van der Waals surface area contributed by atoms with Crippen molar-refractivity contribution in [3.63, 3.8) is 0 Å². The second kappa shape index (κ2) is 5.16. The summed E-state index contributed by atoms with van der Waals surface area (Å²) in [6.45, 7) is 3.50. The van der Waals surface area contributed by atoms with E-state index in [4.69, 9.17) is 0 Å². The highest BCUT2D eigenvalue weighted by molar-refractivity contribution is 8.04. The van der Waals surface area contributed by atoms with Crippen molar-refractivity contribution in [1.29, 1.82) is 0 Å². The average molecular weight is 339 g/mol. The zero-order valence-corrected chi connectivity index (χ0v) is 13.9. The monoisotopic (exact) mass is 339 g/mol. The minimum Gasteiger partial charge on any atom is -0.314 e. The van der Waals surface area contributed by atoms with Crippen LogP contribution in [0.4, 0.5) is 5.95 Å². The van der Waals surface area contributed by atoms with Gasteiger partial charge in [-0.05, 0) is 13.3 Å². The van der Waals surface area contributed by atoms with Crippen molar-refractivity contribution in [2.24, 2.45) is 0 Å². The molecule has 0 aromatic carbocycles. The third kappa shape index (κ3) is 2.05. The first kappa shape index (κ1) is 14.4. The van der Waals surface area contributed by atoms with E-state index in [0.29, 0.717) is 24.0 Å². The first-order valence-electron chi connectivity index (χ1n) is 7.33. The second-order valence-electron chi connectivity index (χ2n) is 5.88. The maximum absolute atomic E-state index is 13.0. The third-order valence-electron chi connectivity index (χ3n) is 4.38. The van der Waals surface area contributed by atoms with Gasteiger partial charge in [-0.2, -0.15) is 10.1 Å². The highest BCUT2D eigenvalue weighted by Gasteiger charge is 2.52. The van der Waals surface area contributed by atoms with E-state index in [1.54, 1.807) is 33.1 Å². The summed E-state index contributed by atoms with van der Waals surface area (Å²) in [6, 6.07) is -0.383. The number of thioether (sulfide) groups is 2. The van der Waals surface area contributed by atoms with E-state index < -0.39 is 0 Å².